The molecule has 1 N–H and O–H groups in total. The number of carbonyl (C=O) groups excluding carboxylic acids is 1. The summed E-state index contributed by atoms with van der Waals surface area (Å²) in [5.74, 6) is -0.194. The summed E-state index contributed by atoms with van der Waals surface area (Å²) in [5, 5.41) is 2.93. The Labute approximate surface area is 185 Å². The highest BCUT2D eigenvalue weighted by Gasteiger charge is 2.32. The number of ether oxygens (including phenoxy) is 1. The minimum atomic E-state index is -3.76. The van der Waals surface area contributed by atoms with Gasteiger partial charge in [0.25, 0.3) is 0 Å². The van der Waals surface area contributed by atoms with Gasteiger partial charge in [-0.25, -0.2) is 13.2 Å². The summed E-state index contributed by atoms with van der Waals surface area (Å²) >= 11 is 0. The van der Waals surface area contributed by atoms with Crippen LogP contribution in [0.3, 0.4) is 0 Å². The molecule has 0 saturated carbocycles. The largest absolute Gasteiger partial charge is 0.496 e. The third-order valence-corrected chi connectivity index (χ3v) is 7.77. The monoisotopic (exact) mass is 459 g/mol. The second-order valence-electron chi connectivity index (χ2n) is 7.76. The molecule has 170 valence electrons. The Morgan fingerprint density at radius 2 is 1.91 bits per heavy atom. The van der Waals surface area contributed by atoms with Crippen LogP contribution in [-0.4, -0.2) is 43.4 Å². The third-order valence-electron chi connectivity index (χ3n) is 5.87. The van der Waals surface area contributed by atoms with Crippen LogP contribution in [0.1, 0.15) is 18.4 Å². The molecule has 2 aromatic carbocycles. The van der Waals surface area contributed by atoms with Crippen molar-refractivity contribution in [1.29, 1.82) is 0 Å². The molecule has 2 heterocycles. The number of benzene rings is 2. The number of fused-ring (bicyclic) bond motifs is 1. The van der Waals surface area contributed by atoms with Crippen molar-refractivity contribution in [1.82, 2.24) is 14.2 Å². The Kier molecular flexibility index (Phi) is 6.07. The van der Waals surface area contributed by atoms with E-state index in [-0.39, 0.29) is 35.4 Å². The first-order chi connectivity index (χ1) is 15.3. The normalized spacial score (nSPS) is 15.7. The second kappa shape index (κ2) is 8.79. The molecule has 0 aliphatic carbocycles. The van der Waals surface area contributed by atoms with Crippen LogP contribution in [0.2, 0.25) is 0 Å². The van der Waals surface area contributed by atoms with Gasteiger partial charge in [-0.15, -0.1) is 0 Å². The summed E-state index contributed by atoms with van der Waals surface area (Å²) < 4.78 is 39.2. The number of methoxy groups -OCH3 is 1. The van der Waals surface area contributed by atoms with E-state index in [1.807, 2.05) is 24.3 Å². The van der Waals surface area contributed by atoms with E-state index in [1.165, 1.54) is 21.0 Å². The highest BCUT2D eigenvalue weighted by molar-refractivity contribution is 7.89. The van der Waals surface area contributed by atoms with Gasteiger partial charge in [-0.3, -0.25) is 9.36 Å². The summed E-state index contributed by atoms with van der Waals surface area (Å²) in [5.41, 5.74) is 1.63. The van der Waals surface area contributed by atoms with E-state index in [1.54, 1.807) is 20.2 Å². The van der Waals surface area contributed by atoms with Crippen molar-refractivity contribution in [3.05, 3.63) is 58.6 Å². The van der Waals surface area contributed by atoms with Crippen molar-refractivity contribution >= 4 is 27.0 Å². The van der Waals surface area contributed by atoms with Crippen LogP contribution in [0.4, 0.5) is 0 Å². The van der Waals surface area contributed by atoms with Gasteiger partial charge >= 0.3 is 5.76 Å². The van der Waals surface area contributed by atoms with Crippen molar-refractivity contribution in [2.24, 2.45) is 13.0 Å². The first kappa shape index (κ1) is 22.1. The molecule has 1 aliphatic rings. The standard InChI is InChI=1S/C22H25N3O6S/c1-24-18-8-7-17(13-20(18)31-22(24)27)32(28,29)25-11-9-15(10-12-25)21(26)23-14-16-5-3-4-6-19(16)30-2/h3-8,13,15H,9-12,14H2,1-2H3,(H,23,26). The third kappa shape index (κ3) is 4.15. The summed E-state index contributed by atoms with van der Waals surface area (Å²) in [4.78, 5) is 24.4. The molecule has 3 aromatic rings. The van der Waals surface area contributed by atoms with Gasteiger partial charge in [-0.1, -0.05) is 18.2 Å². The quantitative estimate of drug-likeness (QED) is 0.602. The zero-order chi connectivity index (χ0) is 22.9. The Bertz CT molecular complexity index is 1300. The molecule has 9 nitrogen and oxygen atoms in total. The molecule has 0 unspecified atom stereocenters. The van der Waals surface area contributed by atoms with E-state index < -0.39 is 15.8 Å². The molecule has 32 heavy (non-hydrogen) atoms. The molecule has 10 heteroatoms. The number of nitrogens with one attached hydrogen (secondary N) is 1. The molecule has 1 aliphatic heterocycles. The van der Waals surface area contributed by atoms with Crippen LogP contribution in [-0.2, 0) is 28.4 Å². The van der Waals surface area contributed by atoms with Gasteiger partial charge in [0.1, 0.15) is 5.75 Å². The van der Waals surface area contributed by atoms with Crippen LogP contribution in [0.5, 0.6) is 5.75 Å². The maximum Gasteiger partial charge on any atom is 0.419 e. The lowest BCUT2D eigenvalue weighted by Crippen LogP contribution is -2.42. The fourth-order valence-corrected chi connectivity index (χ4v) is 5.44. The second-order valence-corrected chi connectivity index (χ2v) is 9.70. The van der Waals surface area contributed by atoms with Crippen LogP contribution in [0, 0.1) is 5.92 Å². The van der Waals surface area contributed by atoms with Gasteiger partial charge in [0, 0.05) is 44.2 Å². The first-order valence-corrected chi connectivity index (χ1v) is 11.7. The predicted octanol–water partition coefficient (Wildman–Crippen LogP) is 1.86. The van der Waals surface area contributed by atoms with Gasteiger partial charge in [0.15, 0.2) is 5.58 Å². The SMILES string of the molecule is COc1ccccc1CNC(=O)C1CCN(S(=O)(=O)c2ccc3c(c2)oc(=O)n3C)CC1. The summed E-state index contributed by atoms with van der Waals surface area (Å²) in [6, 6.07) is 11.9. The average Bonchev–Trinajstić information content (AvgIpc) is 3.10. The highest BCUT2D eigenvalue weighted by atomic mass is 32.2. The fraction of sp³-hybridized carbons (Fsp3) is 0.364. The van der Waals surface area contributed by atoms with Crippen molar-refractivity contribution in [2.45, 2.75) is 24.3 Å². The molecule has 0 radical (unpaired) electrons. The molecule has 0 spiro atoms. The fourth-order valence-electron chi connectivity index (χ4n) is 3.96. The number of carbonyl (C=O) groups is 1. The van der Waals surface area contributed by atoms with E-state index >= 15 is 0 Å². The lowest BCUT2D eigenvalue weighted by molar-refractivity contribution is -0.126. The van der Waals surface area contributed by atoms with Crippen molar-refractivity contribution in [2.75, 3.05) is 20.2 Å². The molecular formula is C22H25N3O6S. The van der Waals surface area contributed by atoms with E-state index in [2.05, 4.69) is 5.32 Å². The molecule has 4 rings (SSSR count). The van der Waals surface area contributed by atoms with Gasteiger partial charge < -0.3 is 14.5 Å². The summed E-state index contributed by atoms with van der Waals surface area (Å²) in [6.45, 7) is 0.835. The van der Waals surface area contributed by atoms with E-state index in [4.69, 9.17) is 9.15 Å². The average molecular weight is 460 g/mol. The van der Waals surface area contributed by atoms with Crippen molar-refractivity contribution in [3.63, 3.8) is 0 Å². The molecular weight excluding hydrogens is 434 g/mol. The number of piperidine rings is 1. The highest BCUT2D eigenvalue weighted by Crippen LogP contribution is 2.26. The number of hydrogen-bond acceptors (Lipinski definition) is 6. The van der Waals surface area contributed by atoms with Crippen molar-refractivity contribution < 1.29 is 22.4 Å². The van der Waals surface area contributed by atoms with Crippen LogP contribution >= 0.6 is 0 Å². The van der Waals surface area contributed by atoms with Gasteiger partial charge in [0.05, 0.1) is 17.5 Å². The Balaban J connectivity index is 1.39. The zero-order valence-electron chi connectivity index (χ0n) is 17.9. The number of hydrogen-bond donors (Lipinski definition) is 1. The molecule has 1 aromatic heterocycles. The molecule has 1 fully saturated rings. The lowest BCUT2D eigenvalue weighted by atomic mass is 9.97. The minimum absolute atomic E-state index is 0.0680. The number of amides is 1. The van der Waals surface area contributed by atoms with Crippen LogP contribution in [0.15, 0.2) is 56.6 Å². The van der Waals surface area contributed by atoms with E-state index in [0.717, 1.165) is 5.56 Å². The number of aryl methyl sites for hydroxylation is 1. The first-order valence-electron chi connectivity index (χ1n) is 10.3. The van der Waals surface area contributed by atoms with E-state index in [9.17, 15) is 18.0 Å². The number of para-hydroxylation sites is 1. The Morgan fingerprint density at radius 1 is 1.19 bits per heavy atom. The van der Waals surface area contributed by atoms with Gasteiger partial charge in [0.2, 0.25) is 15.9 Å². The van der Waals surface area contributed by atoms with E-state index in [0.29, 0.717) is 30.7 Å². The van der Waals surface area contributed by atoms with Crippen LogP contribution < -0.4 is 15.8 Å². The van der Waals surface area contributed by atoms with Crippen molar-refractivity contribution in [3.8, 4) is 5.75 Å². The molecule has 1 amide bonds. The van der Waals surface area contributed by atoms with Crippen LogP contribution in [0.25, 0.3) is 11.1 Å². The van der Waals surface area contributed by atoms with Gasteiger partial charge in [-0.05, 0) is 31.0 Å². The lowest BCUT2D eigenvalue weighted by Gasteiger charge is -2.30. The maximum atomic E-state index is 13.1. The smallest absolute Gasteiger partial charge is 0.419 e. The number of rotatable bonds is 6. The maximum absolute atomic E-state index is 13.1. The number of sulfonamides is 1. The number of oxazole rings is 1. The Morgan fingerprint density at radius 3 is 2.62 bits per heavy atom. The topological polar surface area (TPSA) is 111 Å². The Hall–Kier alpha value is -3.11. The zero-order valence-corrected chi connectivity index (χ0v) is 18.7. The minimum Gasteiger partial charge on any atom is -0.496 e. The summed E-state index contributed by atoms with van der Waals surface area (Å²) in [6.07, 6.45) is 0.860. The number of aromatic nitrogens is 1. The molecule has 1 saturated heterocycles. The van der Waals surface area contributed by atoms with Gasteiger partial charge in [-0.2, -0.15) is 4.31 Å². The molecule has 0 bridgehead atoms. The number of nitrogens with zero attached hydrogens (tertiary/aromatic N) is 2. The summed E-state index contributed by atoms with van der Waals surface area (Å²) in [7, 11) is -0.612. The molecule has 0 atom stereocenters. The predicted molar refractivity (Wildman–Crippen MR) is 118 cm³/mol.